The van der Waals surface area contributed by atoms with Crippen LogP contribution in [0.25, 0.3) is 0 Å². The maximum atomic E-state index is 13.1. The van der Waals surface area contributed by atoms with Gasteiger partial charge in [-0.1, -0.05) is 24.3 Å². The van der Waals surface area contributed by atoms with Crippen LogP contribution in [-0.2, 0) is 32.8 Å². The van der Waals surface area contributed by atoms with E-state index < -0.39 is 29.9 Å². The molecular formula is C23H24N4O4. The molecule has 160 valence electrons. The lowest BCUT2D eigenvalue weighted by Crippen LogP contribution is -2.42. The van der Waals surface area contributed by atoms with Crippen LogP contribution in [0, 0.1) is 0 Å². The zero-order valence-corrected chi connectivity index (χ0v) is 17.5. The maximum Gasteiger partial charge on any atom is 0.325 e. The van der Waals surface area contributed by atoms with Gasteiger partial charge in [0, 0.05) is 18.3 Å². The molecule has 8 heteroatoms. The highest BCUT2D eigenvalue weighted by Gasteiger charge is 2.49. The number of nitrogens with zero attached hydrogens (tertiary/aromatic N) is 1. The van der Waals surface area contributed by atoms with Crippen molar-refractivity contribution in [2.75, 3.05) is 17.2 Å². The number of aryl methyl sites for hydroxylation is 2. The Morgan fingerprint density at radius 1 is 1.03 bits per heavy atom. The Balaban J connectivity index is 1.47. The van der Waals surface area contributed by atoms with Gasteiger partial charge in [0.15, 0.2) is 0 Å². The van der Waals surface area contributed by atoms with Gasteiger partial charge in [0.05, 0.1) is 0 Å². The average molecular weight is 420 g/mol. The van der Waals surface area contributed by atoms with Crippen LogP contribution in [-0.4, -0.2) is 35.2 Å². The molecule has 4 rings (SSSR count). The number of urea groups is 1. The van der Waals surface area contributed by atoms with E-state index in [1.807, 2.05) is 18.2 Å². The van der Waals surface area contributed by atoms with E-state index >= 15 is 0 Å². The van der Waals surface area contributed by atoms with Gasteiger partial charge in [-0.2, -0.15) is 0 Å². The third-order valence-electron chi connectivity index (χ3n) is 5.72. The van der Waals surface area contributed by atoms with Crippen molar-refractivity contribution >= 4 is 35.1 Å². The molecule has 0 spiro atoms. The molecule has 0 unspecified atom stereocenters. The van der Waals surface area contributed by atoms with Gasteiger partial charge in [0.2, 0.25) is 11.8 Å². The van der Waals surface area contributed by atoms with Crippen molar-refractivity contribution in [2.45, 2.75) is 38.6 Å². The molecule has 1 fully saturated rings. The van der Waals surface area contributed by atoms with E-state index in [4.69, 9.17) is 0 Å². The summed E-state index contributed by atoms with van der Waals surface area (Å²) in [6.45, 7) is 2.65. The van der Waals surface area contributed by atoms with Gasteiger partial charge < -0.3 is 16.0 Å². The topological polar surface area (TPSA) is 108 Å². The van der Waals surface area contributed by atoms with Crippen LogP contribution < -0.4 is 16.0 Å². The van der Waals surface area contributed by atoms with Crippen LogP contribution in [0.2, 0.25) is 0 Å². The number of nitrogens with one attached hydrogen (secondary N) is 3. The predicted octanol–water partition coefficient (Wildman–Crippen LogP) is 2.54. The number of carbonyl (C=O) groups is 4. The molecule has 1 aliphatic carbocycles. The van der Waals surface area contributed by atoms with Crippen molar-refractivity contribution < 1.29 is 19.2 Å². The van der Waals surface area contributed by atoms with Gasteiger partial charge in [0.25, 0.3) is 5.91 Å². The minimum Gasteiger partial charge on any atom is -0.326 e. The molecule has 2 aliphatic rings. The Labute approximate surface area is 180 Å². The van der Waals surface area contributed by atoms with Gasteiger partial charge in [-0.25, -0.2) is 4.79 Å². The minimum absolute atomic E-state index is 0.228. The van der Waals surface area contributed by atoms with E-state index in [1.54, 1.807) is 31.2 Å². The summed E-state index contributed by atoms with van der Waals surface area (Å²) < 4.78 is 0. The fourth-order valence-corrected chi connectivity index (χ4v) is 4.14. The van der Waals surface area contributed by atoms with E-state index in [9.17, 15) is 19.2 Å². The van der Waals surface area contributed by atoms with E-state index in [0.717, 1.165) is 29.7 Å². The lowest BCUT2D eigenvalue weighted by Gasteiger charge is -2.23. The van der Waals surface area contributed by atoms with Crippen molar-refractivity contribution in [3.8, 4) is 0 Å². The van der Waals surface area contributed by atoms with E-state index in [2.05, 4.69) is 16.0 Å². The van der Waals surface area contributed by atoms with Gasteiger partial charge in [-0.05, 0) is 61.1 Å². The number of rotatable bonds is 5. The smallest absolute Gasteiger partial charge is 0.325 e. The van der Waals surface area contributed by atoms with E-state index in [1.165, 1.54) is 18.1 Å². The number of fused-ring (bicyclic) bond motifs is 1. The van der Waals surface area contributed by atoms with Crippen LogP contribution >= 0.6 is 0 Å². The molecule has 8 nitrogen and oxygen atoms in total. The summed E-state index contributed by atoms with van der Waals surface area (Å²) in [7, 11) is 0. The van der Waals surface area contributed by atoms with Gasteiger partial charge in [-0.3, -0.25) is 19.3 Å². The zero-order valence-electron chi connectivity index (χ0n) is 17.5. The number of hydrogen-bond donors (Lipinski definition) is 3. The summed E-state index contributed by atoms with van der Waals surface area (Å²) in [5.74, 6) is -1.20. The van der Waals surface area contributed by atoms with E-state index in [0.29, 0.717) is 11.4 Å². The second-order valence-electron chi connectivity index (χ2n) is 8.09. The van der Waals surface area contributed by atoms with Crippen LogP contribution in [0.3, 0.4) is 0 Å². The van der Waals surface area contributed by atoms with Crippen LogP contribution in [0.4, 0.5) is 16.2 Å². The van der Waals surface area contributed by atoms with Crippen LogP contribution in [0.5, 0.6) is 0 Å². The predicted molar refractivity (Wildman–Crippen MR) is 115 cm³/mol. The Morgan fingerprint density at radius 3 is 2.48 bits per heavy atom. The molecular weight excluding hydrogens is 396 g/mol. The highest BCUT2D eigenvalue weighted by atomic mass is 16.2. The SMILES string of the molecule is CC(=O)Nc1cccc(NC(=O)CN2C(=O)N[C@@](C)(c3ccc4c(c3)CCC4)C2=O)c1. The third-order valence-corrected chi connectivity index (χ3v) is 5.72. The van der Waals surface area contributed by atoms with Crippen molar-refractivity contribution in [1.82, 2.24) is 10.2 Å². The van der Waals surface area contributed by atoms with Gasteiger partial charge in [0.1, 0.15) is 12.1 Å². The first-order chi connectivity index (χ1) is 14.8. The van der Waals surface area contributed by atoms with E-state index in [-0.39, 0.29) is 5.91 Å². The zero-order chi connectivity index (χ0) is 22.2. The summed E-state index contributed by atoms with van der Waals surface area (Å²) in [5, 5.41) is 8.04. The Bertz CT molecular complexity index is 1100. The number of imide groups is 1. The summed E-state index contributed by atoms with van der Waals surface area (Å²) in [5.41, 5.74) is 2.98. The molecule has 0 saturated carbocycles. The standard InChI is InChI=1S/C23H24N4O4/c1-14(28)24-18-7-4-8-19(12-18)25-20(29)13-27-21(30)23(2,26-22(27)31)17-10-9-15-5-3-6-16(15)11-17/h4,7-12H,3,5-6,13H2,1-2H3,(H,24,28)(H,25,29)(H,26,31)/t23-/m0/s1. The number of hydrogen-bond acceptors (Lipinski definition) is 4. The summed E-state index contributed by atoms with van der Waals surface area (Å²) in [6, 6.07) is 11.9. The summed E-state index contributed by atoms with van der Waals surface area (Å²) >= 11 is 0. The Kier molecular flexibility index (Phi) is 5.22. The fraction of sp³-hybridized carbons (Fsp3) is 0.304. The number of carbonyl (C=O) groups excluding carboxylic acids is 4. The number of anilines is 2. The first kappa shape index (κ1) is 20.6. The van der Waals surface area contributed by atoms with Crippen LogP contribution in [0.1, 0.15) is 37.0 Å². The molecule has 0 bridgehead atoms. The van der Waals surface area contributed by atoms with Gasteiger partial charge >= 0.3 is 6.03 Å². The molecule has 0 aromatic heterocycles. The molecule has 2 aromatic rings. The molecule has 1 heterocycles. The van der Waals surface area contributed by atoms with Crippen molar-refractivity contribution in [3.05, 3.63) is 59.2 Å². The molecule has 1 saturated heterocycles. The molecule has 31 heavy (non-hydrogen) atoms. The maximum absolute atomic E-state index is 13.1. The molecule has 1 aliphatic heterocycles. The highest BCUT2D eigenvalue weighted by Crippen LogP contribution is 2.32. The molecule has 3 N–H and O–H groups in total. The highest BCUT2D eigenvalue weighted by molar-refractivity contribution is 6.10. The lowest BCUT2D eigenvalue weighted by atomic mass is 9.89. The lowest BCUT2D eigenvalue weighted by molar-refractivity contribution is -0.133. The Hall–Kier alpha value is -3.68. The van der Waals surface area contributed by atoms with Crippen molar-refractivity contribution in [2.24, 2.45) is 0 Å². The molecule has 2 aromatic carbocycles. The van der Waals surface area contributed by atoms with Gasteiger partial charge in [-0.15, -0.1) is 0 Å². The second kappa shape index (κ2) is 7.86. The normalized spacial score (nSPS) is 19.7. The summed E-state index contributed by atoms with van der Waals surface area (Å²) in [4.78, 5) is 50.3. The molecule has 1 atom stereocenters. The third kappa shape index (κ3) is 4.01. The summed E-state index contributed by atoms with van der Waals surface area (Å²) in [6.07, 6.45) is 3.08. The largest absolute Gasteiger partial charge is 0.326 e. The first-order valence-electron chi connectivity index (χ1n) is 10.2. The van der Waals surface area contributed by atoms with Crippen LogP contribution in [0.15, 0.2) is 42.5 Å². The monoisotopic (exact) mass is 420 g/mol. The fourth-order valence-electron chi connectivity index (χ4n) is 4.14. The minimum atomic E-state index is -1.21. The van der Waals surface area contributed by atoms with Crippen molar-refractivity contribution in [1.29, 1.82) is 0 Å². The number of benzene rings is 2. The molecule has 5 amide bonds. The average Bonchev–Trinajstić information content (AvgIpc) is 3.26. The number of amides is 5. The molecule has 0 radical (unpaired) electrons. The quantitative estimate of drug-likeness (QED) is 0.646. The van der Waals surface area contributed by atoms with Crippen molar-refractivity contribution in [3.63, 3.8) is 0 Å². The first-order valence-corrected chi connectivity index (χ1v) is 10.2. The second-order valence-corrected chi connectivity index (χ2v) is 8.09. The Morgan fingerprint density at radius 2 is 1.74 bits per heavy atom.